The van der Waals surface area contributed by atoms with Crippen molar-refractivity contribution in [3.63, 3.8) is 0 Å². The molecule has 0 aliphatic carbocycles. The lowest BCUT2D eigenvalue weighted by Gasteiger charge is -2.05. The van der Waals surface area contributed by atoms with Crippen LogP contribution in [0.5, 0.6) is 5.75 Å². The highest BCUT2D eigenvalue weighted by Crippen LogP contribution is 2.31. The molecule has 1 heterocycles. The van der Waals surface area contributed by atoms with Crippen molar-refractivity contribution < 1.29 is 4.74 Å². The Morgan fingerprint density at radius 1 is 1.14 bits per heavy atom. The van der Waals surface area contributed by atoms with Crippen molar-refractivity contribution in [3.05, 3.63) is 58.9 Å². The zero-order valence-corrected chi connectivity index (χ0v) is 12.9. The summed E-state index contributed by atoms with van der Waals surface area (Å²) < 4.78 is 5.21. The Morgan fingerprint density at radius 3 is 2.81 bits per heavy atom. The Labute approximate surface area is 132 Å². The lowest BCUT2D eigenvalue weighted by molar-refractivity contribution is 0.415. The Kier molecular flexibility index (Phi) is 4.08. The van der Waals surface area contributed by atoms with E-state index in [1.807, 2.05) is 53.9 Å². The van der Waals surface area contributed by atoms with E-state index in [9.17, 15) is 0 Å². The van der Waals surface area contributed by atoms with Crippen molar-refractivity contribution in [3.8, 4) is 17.0 Å². The van der Waals surface area contributed by atoms with E-state index >= 15 is 0 Å². The van der Waals surface area contributed by atoms with E-state index in [-0.39, 0.29) is 0 Å². The highest BCUT2D eigenvalue weighted by atomic mass is 35.5. The van der Waals surface area contributed by atoms with E-state index in [0.717, 1.165) is 27.8 Å². The van der Waals surface area contributed by atoms with Crippen molar-refractivity contribution in [2.75, 3.05) is 12.4 Å². The van der Waals surface area contributed by atoms with Crippen LogP contribution in [0.3, 0.4) is 0 Å². The van der Waals surface area contributed by atoms with Gasteiger partial charge in [-0.05, 0) is 18.2 Å². The number of aromatic nitrogens is 1. The van der Waals surface area contributed by atoms with E-state index in [4.69, 9.17) is 16.3 Å². The number of rotatable bonds is 4. The SMILES string of the molecule is COc1cccc(Nc2nc(-c3ccccc3Cl)cs2)c1. The number of anilines is 2. The Hall–Kier alpha value is -2.04. The summed E-state index contributed by atoms with van der Waals surface area (Å²) in [5.41, 5.74) is 2.75. The summed E-state index contributed by atoms with van der Waals surface area (Å²) >= 11 is 7.74. The monoisotopic (exact) mass is 316 g/mol. The second-order valence-electron chi connectivity index (χ2n) is 4.37. The normalized spacial score (nSPS) is 10.4. The average Bonchev–Trinajstić information content (AvgIpc) is 2.96. The molecular formula is C16H13ClN2OS. The zero-order valence-electron chi connectivity index (χ0n) is 11.3. The van der Waals surface area contributed by atoms with Gasteiger partial charge in [0.15, 0.2) is 5.13 Å². The molecule has 0 atom stereocenters. The molecule has 0 bridgehead atoms. The molecule has 3 rings (SSSR count). The number of hydrogen-bond acceptors (Lipinski definition) is 4. The van der Waals surface area contributed by atoms with Crippen molar-refractivity contribution in [2.45, 2.75) is 0 Å². The van der Waals surface area contributed by atoms with E-state index in [0.29, 0.717) is 5.02 Å². The summed E-state index contributed by atoms with van der Waals surface area (Å²) in [6, 6.07) is 15.4. The molecule has 1 N–H and O–H groups in total. The maximum Gasteiger partial charge on any atom is 0.187 e. The third-order valence-electron chi connectivity index (χ3n) is 2.98. The Balaban J connectivity index is 1.84. The van der Waals surface area contributed by atoms with Gasteiger partial charge in [-0.1, -0.05) is 35.9 Å². The number of nitrogens with one attached hydrogen (secondary N) is 1. The van der Waals surface area contributed by atoms with Crippen LogP contribution in [0, 0.1) is 0 Å². The number of thiazole rings is 1. The summed E-state index contributed by atoms with van der Waals surface area (Å²) in [6.45, 7) is 0. The van der Waals surface area contributed by atoms with Gasteiger partial charge < -0.3 is 10.1 Å². The highest BCUT2D eigenvalue weighted by Gasteiger charge is 2.08. The number of benzene rings is 2. The average molecular weight is 317 g/mol. The fourth-order valence-electron chi connectivity index (χ4n) is 1.95. The van der Waals surface area contributed by atoms with Crippen molar-refractivity contribution in [2.24, 2.45) is 0 Å². The van der Waals surface area contributed by atoms with E-state index in [1.54, 1.807) is 7.11 Å². The van der Waals surface area contributed by atoms with Crippen LogP contribution >= 0.6 is 22.9 Å². The molecule has 0 unspecified atom stereocenters. The summed E-state index contributed by atoms with van der Waals surface area (Å²) in [6.07, 6.45) is 0. The van der Waals surface area contributed by atoms with Crippen LogP contribution in [-0.2, 0) is 0 Å². The molecule has 1 aromatic heterocycles. The first-order chi connectivity index (χ1) is 10.3. The molecule has 5 heteroatoms. The number of halogens is 1. The molecule has 0 aliphatic rings. The molecule has 0 fully saturated rings. The van der Waals surface area contributed by atoms with Crippen LogP contribution in [0.2, 0.25) is 5.02 Å². The first-order valence-corrected chi connectivity index (χ1v) is 7.63. The first-order valence-electron chi connectivity index (χ1n) is 6.38. The van der Waals surface area contributed by atoms with Gasteiger partial charge in [0, 0.05) is 27.7 Å². The fraction of sp³-hybridized carbons (Fsp3) is 0.0625. The molecule has 0 saturated carbocycles. The molecule has 0 spiro atoms. The minimum absolute atomic E-state index is 0.704. The quantitative estimate of drug-likeness (QED) is 0.717. The second kappa shape index (κ2) is 6.16. The van der Waals surface area contributed by atoms with Crippen molar-refractivity contribution >= 4 is 33.8 Å². The summed E-state index contributed by atoms with van der Waals surface area (Å²) in [7, 11) is 1.65. The van der Waals surface area contributed by atoms with Gasteiger partial charge in [0.2, 0.25) is 0 Å². The summed E-state index contributed by atoms with van der Waals surface area (Å²) in [5, 5.41) is 6.78. The van der Waals surface area contributed by atoms with Crippen molar-refractivity contribution in [1.82, 2.24) is 4.98 Å². The third kappa shape index (κ3) is 3.17. The number of hydrogen-bond donors (Lipinski definition) is 1. The van der Waals surface area contributed by atoms with Gasteiger partial charge in [-0.25, -0.2) is 4.98 Å². The minimum Gasteiger partial charge on any atom is -0.497 e. The van der Waals surface area contributed by atoms with Crippen molar-refractivity contribution in [1.29, 1.82) is 0 Å². The molecular weight excluding hydrogens is 304 g/mol. The number of methoxy groups -OCH3 is 1. The van der Waals surface area contributed by atoms with Gasteiger partial charge >= 0.3 is 0 Å². The number of ether oxygens (including phenoxy) is 1. The van der Waals surface area contributed by atoms with E-state index in [1.165, 1.54) is 11.3 Å². The van der Waals surface area contributed by atoms with Crippen LogP contribution < -0.4 is 10.1 Å². The van der Waals surface area contributed by atoms with Crippen LogP contribution in [-0.4, -0.2) is 12.1 Å². The smallest absolute Gasteiger partial charge is 0.187 e. The zero-order chi connectivity index (χ0) is 14.7. The highest BCUT2D eigenvalue weighted by molar-refractivity contribution is 7.14. The Bertz CT molecular complexity index is 757. The standard InChI is InChI=1S/C16H13ClN2OS/c1-20-12-6-4-5-11(9-12)18-16-19-15(10-21-16)13-7-2-3-8-14(13)17/h2-10H,1H3,(H,18,19). The molecule has 0 amide bonds. The van der Waals surface area contributed by atoms with Gasteiger partial charge in [-0.2, -0.15) is 0 Å². The fourth-order valence-corrected chi connectivity index (χ4v) is 2.91. The topological polar surface area (TPSA) is 34.1 Å². The van der Waals surface area contributed by atoms with Gasteiger partial charge in [0.1, 0.15) is 5.75 Å². The van der Waals surface area contributed by atoms with Gasteiger partial charge in [0.05, 0.1) is 12.8 Å². The molecule has 21 heavy (non-hydrogen) atoms. The molecule has 106 valence electrons. The van der Waals surface area contributed by atoms with Crippen LogP contribution in [0.4, 0.5) is 10.8 Å². The second-order valence-corrected chi connectivity index (χ2v) is 5.64. The maximum atomic E-state index is 6.20. The van der Waals surface area contributed by atoms with Gasteiger partial charge in [0.25, 0.3) is 0 Å². The first kappa shape index (κ1) is 13.9. The summed E-state index contributed by atoms with van der Waals surface area (Å²) in [4.78, 5) is 4.57. The van der Waals surface area contributed by atoms with Gasteiger partial charge in [-0.3, -0.25) is 0 Å². The number of nitrogens with zero attached hydrogens (tertiary/aromatic N) is 1. The Morgan fingerprint density at radius 2 is 2.00 bits per heavy atom. The summed E-state index contributed by atoms with van der Waals surface area (Å²) in [5.74, 6) is 0.808. The molecule has 0 saturated heterocycles. The third-order valence-corrected chi connectivity index (χ3v) is 4.06. The van der Waals surface area contributed by atoms with Crippen LogP contribution in [0.15, 0.2) is 53.9 Å². The molecule has 2 aromatic carbocycles. The van der Waals surface area contributed by atoms with Crippen LogP contribution in [0.25, 0.3) is 11.3 Å². The van der Waals surface area contributed by atoms with E-state index < -0.39 is 0 Å². The van der Waals surface area contributed by atoms with Crippen LogP contribution in [0.1, 0.15) is 0 Å². The molecule has 3 nitrogen and oxygen atoms in total. The molecule has 0 radical (unpaired) electrons. The lowest BCUT2D eigenvalue weighted by atomic mass is 10.2. The maximum absolute atomic E-state index is 6.20. The minimum atomic E-state index is 0.704. The predicted octanol–water partition coefficient (Wildman–Crippen LogP) is 5.22. The lowest BCUT2D eigenvalue weighted by Crippen LogP contribution is -1.91. The predicted molar refractivity (Wildman–Crippen MR) is 88.8 cm³/mol. The van der Waals surface area contributed by atoms with E-state index in [2.05, 4.69) is 10.3 Å². The molecule has 0 aliphatic heterocycles. The largest absolute Gasteiger partial charge is 0.497 e. The van der Waals surface area contributed by atoms with Gasteiger partial charge in [-0.15, -0.1) is 11.3 Å². The molecule has 3 aromatic rings.